The molecule has 1 aliphatic rings. The van der Waals surface area contributed by atoms with Crippen LogP contribution in [0.25, 0.3) is 0 Å². The van der Waals surface area contributed by atoms with Gasteiger partial charge in [0.1, 0.15) is 11.8 Å². The van der Waals surface area contributed by atoms with Crippen molar-refractivity contribution in [1.82, 2.24) is 14.8 Å². The fourth-order valence-corrected chi connectivity index (χ4v) is 4.70. The molecule has 0 radical (unpaired) electrons. The molecule has 0 bridgehead atoms. The SMILES string of the molecule is CCCCOc1cccc(C2C(C(=O)Nc3cccc(C)c3)=C(C)Nc3nc(SCCC)nn32)c1. The largest absolute Gasteiger partial charge is 0.494 e. The number of amides is 1. The summed E-state index contributed by atoms with van der Waals surface area (Å²) in [7, 11) is 0. The maximum absolute atomic E-state index is 13.7. The number of carbonyl (C=O) groups is 1. The van der Waals surface area contributed by atoms with Crippen molar-refractivity contribution < 1.29 is 9.53 Å². The molecule has 0 fully saturated rings. The van der Waals surface area contributed by atoms with Crippen molar-refractivity contribution in [2.45, 2.75) is 58.2 Å². The minimum atomic E-state index is -0.436. The summed E-state index contributed by atoms with van der Waals surface area (Å²) in [4.78, 5) is 18.3. The number of allylic oxidation sites excluding steroid dienone is 1. The van der Waals surface area contributed by atoms with Crippen LogP contribution < -0.4 is 15.4 Å². The molecule has 1 amide bonds. The second kappa shape index (κ2) is 11.4. The number of rotatable bonds is 10. The Labute approximate surface area is 211 Å². The van der Waals surface area contributed by atoms with Gasteiger partial charge in [0.15, 0.2) is 0 Å². The van der Waals surface area contributed by atoms with Crippen LogP contribution in [-0.4, -0.2) is 33.0 Å². The number of fused-ring (bicyclic) bond motifs is 1. The molecule has 0 saturated heterocycles. The number of anilines is 2. The van der Waals surface area contributed by atoms with Crippen LogP contribution in [0.2, 0.25) is 0 Å². The predicted molar refractivity (Wildman–Crippen MR) is 142 cm³/mol. The van der Waals surface area contributed by atoms with Crippen molar-refractivity contribution in [2.24, 2.45) is 0 Å². The Morgan fingerprint density at radius 1 is 1.14 bits per heavy atom. The van der Waals surface area contributed by atoms with Crippen molar-refractivity contribution in [3.05, 3.63) is 70.9 Å². The standard InChI is InChI=1S/C27H33N5O2S/c1-5-7-14-34-22-13-9-11-20(17-22)24-23(25(33)29-21-12-8-10-18(3)16-21)19(4)28-26-30-27(31-32(24)26)35-15-6-2/h8-13,16-17,24H,5-7,14-15H2,1-4H3,(H,29,33)(H,28,30,31). The quantitative estimate of drug-likeness (QED) is 0.260. The molecule has 2 N–H and O–H groups in total. The molecule has 0 aliphatic carbocycles. The van der Waals surface area contributed by atoms with E-state index in [4.69, 9.17) is 14.8 Å². The Bertz CT molecular complexity index is 1220. The van der Waals surface area contributed by atoms with Crippen LogP contribution in [-0.2, 0) is 4.79 Å². The van der Waals surface area contributed by atoms with Gasteiger partial charge in [-0.1, -0.05) is 56.3 Å². The lowest BCUT2D eigenvalue weighted by Crippen LogP contribution is -2.31. The van der Waals surface area contributed by atoms with Crippen LogP contribution in [0.1, 0.15) is 57.2 Å². The summed E-state index contributed by atoms with van der Waals surface area (Å²) in [6.45, 7) is 8.85. The molecule has 8 heteroatoms. The number of aryl methyl sites for hydroxylation is 1. The Hall–Kier alpha value is -3.26. The third kappa shape index (κ3) is 5.88. The number of nitrogens with zero attached hydrogens (tertiary/aromatic N) is 3. The number of ether oxygens (including phenoxy) is 1. The zero-order valence-corrected chi connectivity index (χ0v) is 21.6. The molecule has 7 nitrogen and oxygen atoms in total. The van der Waals surface area contributed by atoms with E-state index >= 15 is 0 Å². The second-order valence-corrected chi connectivity index (χ2v) is 9.74. The number of unbranched alkanes of at least 4 members (excludes halogenated alkanes) is 1. The zero-order chi connectivity index (χ0) is 24.8. The summed E-state index contributed by atoms with van der Waals surface area (Å²) in [5.74, 6) is 2.18. The highest BCUT2D eigenvalue weighted by molar-refractivity contribution is 7.99. The lowest BCUT2D eigenvalue weighted by atomic mass is 9.94. The number of aromatic nitrogens is 3. The van der Waals surface area contributed by atoms with Gasteiger partial charge in [-0.3, -0.25) is 4.79 Å². The van der Waals surface area contributed by atoms with Gasteiger partial charge in [-0.15, -0.1) is 5.10 Å². The molecule has 1 aromatic heterocycles. The molecule has 0 spiro atoms. The molecule has 3 aromatic rings. The average molecular weight is 492 g/mol. The minimum absolute atomic E-state index is 0.174. The first-order chi connectivity index (χ1) is 17.0. The van der Waals surface area contributed by atoms with Gasteiger partial charge in [0, 0.05) is 17.1 Å². The van der Waals surface area contributed by atoms with E-state index in [-0.39, 0.29) is 5.91 Å². The monoisotopic (exact) mass is 491 g/mol. The van der Waals surface area contributed by atoms with E-state index in [0.717, 1.165) is 53.3 Å². The Morgan fingerprint density at radius 3 is 2.74 bits per heavy atom. The topological polar surface area (TPSA) is 81.1 Å². The normalized spacial score (nSPS) is 14.9. The van der Waals surface area contributed by atoms with Gasteiger partial charge in [0.2, 0.25) is 11.1 Å². The molecule has 4 rings (SSSR count). The third-order valence-corrected chi connectivity index (χ3v) is 6.77. The van der Waals surface area contributed by atoms with Crippen molar-refractivity contribution in [2.75, 3.05) is 23.0 Å². The third-order valence-electron chi connectivity index (χ3n) is 5.73. The molecule has 2 aromatic carbocycles. The summed E-state index contributed by atoms with van der Waals surface area (Å²) >= 11 is 1.62. The molecule has 2 heterocycles. The van der Waals surface area contributed by atoms with E-state index < -0.39 is 6.04 Å². The molecule has 35 heavy (non-hydrogen) atoms. The maximum Gasteiger partial charge on any atom is 0.255 e. The summed E-state index contributed by atoms with van der Waals surface area (Å²) < 4.78 is 7.79. The first kappa shape index (κ1) is 24.9. The number of thioether (sulfide) groups is 1. The van der Waals surface area contributed by atoms with Crippen LogP contribution in [0, 0.1) is 6.92 Å². The van der Waals surface area contributed by atoms with Gasteiger partial charge < -0.3 is 15.4 Å². The maximum atomic E-state index is 13.7. The van der Waals surface area contributed by atoms with Gasteiger partial charge in [0.05, 0.1) is 12.2 Å². The highest BCUT2D eigenvalue weighted by Crippen LogP contribution is 2.37. The smallest absolute Gasteiger partial charge is 0.255 e. The van der Waals surface area contributed by atoms with Crippen LogP contribution >= 0.6 is 11.8 Å². The fourth-order valence-electron chi connectivity index (χ4n) is 4.02. The van der Waals surface area contributed by atoms with E-state index in [1.54, 1.807) is 11.8 Å². The van der Waals surface area contributed by atoms with Crippen LogP contribution in [0.4, 0.5) is 11.6 Å². The van der Waals surface area contributed by atoms with E-state index in [0.29, 0.717) is 23.3 Å². The van der Waals surface area contributed by atoms with Gasteiger partial charge in [-0.2, -0.15) is 4.98 Å². The second-order valence-electron chi connectivity index (χ2n) is 8.68. The van der Waals surface area contributed by atoms with Gasteiger partial charge in [-0.25, -0.2) is 4.68 Å². The lowest BCUT2D eigenvalue weighted by Gasteiger charge is -2.29. The number of carbonyl (C=O) groups excluding carboxylic acids is 1. The molecule has 1 unspecified atom stereocenters. The first-order valence-electron chi connectivity index (χ1n) is 12.2. The zero-order valence-electron chi connectivity index (χ0n) is 20.8. The Balaban J connectivity index is 1.73. The molecule has 1 atom stereocenters. The predicted octanol–water partition coefficient (Wildman–Crippen LogP) is 6.20. The molecular weight excluding hydrogens is 458 g/mol. The summed E-state index contributed by atoms with van der Waals surface area (Å²) in [5.41, 5.74) is 4.12. The van der Waals surface area contributed by atoms with Crippen molar-refractivity contribution in [3.63, 3.8) is 0 Å². The van der Waals surface area contributed by atoms with Crippen LogP contribution in [0.3, 0.4) is 0 Å². The summed E-state index contributed by atoms with van der Waals surface area (Å²) in [6, 6.07) is 15.3. The Morgan fingerprint density at radius 2 is 1.97 bits per heavy atom. The van der Waals surface area contributed by atoms with Crippen molar-refractivity contribution in [3.8, 4) is 5.75 Å². The van der Waals surface area contributed by atoms with Gasteiger partial charge in [-0.05, 0) is 62.1 Å². The molecular formula is C27H33N5O2S. The van der Waals surface area contributed by atoms with Gasteiger partial charge in [0.25, 0.3) is 5.91 Å². The summed E-state index contributed by atoms with van der Waals surface area (Å²) in [5, 5.41) is 11.9. The highest BCUT2D eigenvalue weighted by Gasteiger charge is 2.34. The number of benzene rings is 2. The van der Waals surface area contributed by atoms with Crippen molar-refractivity contribution >= 4 is 29.3 Å². The summed E-state index contributed by atoms with van der Waals surface area (Å²) in [6.07, 6.45) is 3.09. The van der Waals surface area contributed by atoms with E-state index in [1.807, 2.05) is 67.1 Å². The van der Waals surface area contributed by atoms with Crippen molar-refractivity contribution in [1.29, 1.82) is 0 Å². The van der Waals surface area contributed by atoms with E-state index in [1.165, 1.54) is 0 Å². The molecule has 1 aliphatic heterocycles. The lowest BCUT2D eigenvalue weighted by molar-refractivity contribution is -0.113. The molecule has 184 valence electrons. The highest BCUT2D eigenvalue weighted by atomic mass is 32.2. The van der Waals surface area contributed by atoms with E-state index in [2.05, 4.69) is 24.5 Å². The molecule has 0 saturated carbocycles. The first-order valence-corrected chi connectivity index (χ1v) is 13.2. The number of hydrogen-bond acceptors (Lipinski definition) is 6. The van der Waals surface area contributed by atoms with Crippen LogP contribution in [0.15, 0.2) is 65.0 Å². The number of hydrogen-bond donors (Lipinski definition) is 2. The van der Waals surface area contributed by atoms with Crippen LogP contribution in [0.5, 0.6) is 5.75 Å². The van der Waals surface area contributed by atoms with Gasteiger partial charge >= 0.3 is 0 Å². The van der Waals surface area contributed by atoms with E-state index in [9.17, 15) is 4.79 Å². The Kier molecular flexibility index (Phi) is 8.13. The fraction of sp³-hybridized carbons (Fsp3) is 0.370. The minimum Gasteiger partial charge on any atom is -0.494 e. The average Bonchev–Trinajstić information content (AvgIpc) is 3.24. The number of nitrogens with one attached hydrogen (secondary N) is 2.